The summed E-state index contributed by atoms with van der Waals surface area (Å²) >= 11 is 2.19. The first kappa shape index (κ1) is 15.7. The largest absolute Gasteiger partial charge is 0.484 e. The quantitative estimate of drug-likeness (QED) is 0.648. The summed E-state index contributed by atoms with van der Waals surface area (Å²) < 4.78 is 6.60. The zero-order valence-electron chi connectivity index (χ0n) is 12.5. The summed E-state index contributed by atoms with van der Waals surface area (Å²) in [6.45, 7) is 1.86. The number of fused-ring (bicyclic) bond motifs is 1. The fraction of sp³-hybridized carbons (Fsp3) is 0.111. The molecule has 2 aromatic carbocycles. The number of aromatic nitrogens is 1. The zero-order chi connectivity index (χ0) is 16.2. The average Bonchev–Trinajstić information content (AvgIpc) is 2.55. The number of carbonyl (C=O) groups excluding carboxylic acids is 1. The maximum absolute atomic E-state index is 12.0. The van der Waals surface area contributed by atoms with Gasteiger partial charge in [0, 0.05) is 9.77 Å². The maximum atomic E-state index is 12.0. The van der Waals surface area contributed by atoms with Crippen molar-refractivity contribution in [3.8, 4) is 5.75 Å². The summed E-state index contributed by atoms with van der Waals surface area (Å²) in [7, 11) is 0. The number of ether oxygens (including phenoxy) is 1. The van der Waals surface area contributed by atoms with Crippen molar-refractivity contribution in [1.82, 2.24) is 4.98 Å². The SMILES string of the molecule is Cc1cc(I)cnc1NC(=O)COc1ccc2ccccc2c1. The van der Waals surface area contributed by atoms with Crippen molar-refractivity contribution in [2.45, 2.75) is 6.92 Å². The van der Waals surface area contributed by atoms with Crippen LogP contribution in [0.15, 0.2) is 54.7 Å². The molecule has 1 amide bonds. The van der Waals surface area contributed by atoms with Crippen molar-refractivity contribution in [3.63, 3.8) is 0 Å². The number of hydrogen-bond donors (Lipinski definition) is 1. The molecule has 0 saturated carbocycles. The van der Waals surface area contributed by atoms with Crippen molar-refractivity contribution in [3.05, 3.63) is 63.9 Å². The molecule has 1 aromatic heterocycles. The summed E-state index contributed by atoms with van der Waals surface area (Å²) in [5, 5.41) is 4.99. The van der Waals surface area contributed by atoms with Crippen LogP contribution in [0.1, 0.15) is 5.56 Å². The number of nitrogens with zero attached hydrogens (tertiary/aromatic N) is 1. The third-order valence-corrected chi connectivity index (χ3v) is 3.98. The molecule has 1 heterocycles. The molecule has 0 aliphatic heterocycles. The van der Waals surface area contributed by atoms with E-state index >= 15 is 0 Å². The Balaban J connectivity index is 1.63. The first-order valence-electron chi connectivity index (χ1n) is 7.15. The van der Waals surface area contributed by atoms with E-state index in [4.69, 9.17) is 4.74 Å². The second kappa shape index (κ2) is 6.95. The van der Waals surface area contributed by atoms with E-state index in [1.54, 1.807) is 6.20 Å². The van der Waals surface area contributed by atoms with Gasteiger partial charge < -0.3 is 10.1 Å². The Hall–Kier alpha value is -2.15. The van der Waals surface area contributed by atoms with Crippen LogP contribution in [-0.4, -0.2) is 17.5 Å². The van der Waals surface area contributed by atoms with Gasteiger partial charge in [0.25, 0.3) is 5.91 Å². The molecule has 0 fully saturated rings. The van der Waals surface area contributed by atoms with Crippen LogP contribution in [-0.2, 0) is 4.79 Å². The van der Waals surface area contributed by atoms with Gasteiger partial charge in [-0.2, -0.15) is 0 Å². The van der Waals surface area contributed by atoms with Crippen LogP contribution in [0.5, 0.6) is 5.75 Å². The van der Waals surface area contributed by atoms with Crippen LogP contribution in [0.4, 0.5) is 5.82 Å². The predicted octanol–water partition coefficient (Wildman–Crippen LogP) is 4.17. The third-order valence-electron chi connectivity index (χ3n) is 3.39. The van der Waals surface area contributed by atoms with Gasteiger partial charge in [0.05, 0.1) is 0 Å². The van der Waals surface area contributed by atoms with E-state index in [-0.39, 0.29) is 12.5 Å². The van der Waals surface area contributed by atoms with Gasteiger partial charge in [0.2, 0.25) is 0 Å². The van der Waals surface area contributed by atoms with Gasteiger partial charge in [-0.05, 0) is 64.0 Å². The van der Waals surface area contributed by atoms with Gasteiger partial charge in [-0.3, -0.25) is 4.79 Å². The number of benzene rings is 2. The highest BCUT2D eigenvalue weighted by Crippen LogP contribution is 2.20. The van der Waals surface area contributed by atoms with E-state index in [2.05, 4.69) is 32.9 Å². The van der Waals surface area contributed by atoms with E-state index in [9.17, 15) is 4.79 Å². The maximum Gasteiger partial charge on any atom is 0.263 e. The van der Waals surface area contributed by atoms with Crippen LogP contribution in [0.2, 0.25) is 0 Å². The van der Waals surface area contributed by atoms with Crippen LogP contribution in [0.3, 0.4) is 0 Å². The van der Waals surface area contributed by atoms with Crippen molar-refractivity contribution in [2.24, 2.45) is 0 Å². The van der Waals surface area contributed by atoms with Crippen molar-refractivity contribution >= 4 is 45.1 Å². The summed E-state index contributed by atoms with van der Waals surface area (Å²) in [5.41, 5.74) is 0.927. The molecule has 0 bridgehead atoms. The lowest BCUT2D eigenvalue weighted by atomic mass is 10.1. The minimum absolute atomic E-state index is 0.0502. The second-order valence-corrected chi connectivity index (χ2v) is 6.41. The number of rotatable bonds is 4. The van der Waals surface area contributed by atoms with Crippen molar-refractivity contribution in [2.75, 3.05) is 11.9 Å². The minimum atomic E-state index is -0.227. The van der Waals surface area contributed by atoms with Crippen LogP contribution >= 0.6 is 22.6 Å². The Morgan fingerprint density at radius 2 is 1.96 bits per heavy atom. The molecule has 5 heteroatoms. The van der Waals surface area contributed by atoms with Crippen molar-refractivity contribution < 1.29 is 9.53 Å². The first-order valence-corrected chi connectivity index (χ1v) is 8.23. The summed E-state index contributed by atoms with van der Waals surface area (Å²) in [4.78, 5) is 16.2. The highest BCUT2D eigenvalue weighted by molar-refractivity contribution is 14.1. The Labute approximate surface area is 148 Å². The van der Waals surface area contributed by atoms with E-state index in [1.807, 2.05) is 55.5 Å². The predicted molar refractivity (Wildman–Crippen MR) is 99.8 cm³/mol. The monoisotopic (exact) mass is 418 g/mol. The standard InChI is InChI=1S/C18H15IN2O2/c1-12-8-15(19)10-20-18(12)21-17(22)11-23-16-7-6-13-4-2-3-5-14(13)9-16/h2-10H,11H2,1H3,(H,20,21,22). The van der Waals surface area contributed by atoms with Gasteiger partial charge in [0.15, 0.2) is 6.61 Å². The zero-order valence-corrected chi connectivity index (χ0v) is 14.7. The molecule has 0 aliphatic rings. The molecule has 0 atom stereocenters. The van der Waals surface area contributed by atoms with Gasteiger partial charge in [-0.25, -0.2) is 4.98 Å². The van der Waals surface area contributed by atoms with E-state index < -0.39 is 0 Å². The van der Waals surface area contributed by atoms with Crippen LogP contribution in [0, 0.1) is 10.5 Å². The molecular weight excluding hydrogens is 403 g/mol. The number of nitrogens with one attached hydrogen (secondary N) is 1. The number of anilines is 1. The number of amides is 1. The molecule has 0 spiro atoms. The molecule has 3 rings (SSSR count). The molecule has 0 unspecified atom stereocenters. The summed E-state index contributed by atoms with van der Waals surface area (Å²) in [6, 6.07) is 15.8. The molecule has 0 radical (unpaired) electrons. The van der Waals surface area contributed by atoms with Crippen molar-refractivity contribution in [1.29, 1.82) is 0 Å². The molecule has 3 aromatic rings. The molecule has 0 aliphatic carbocycles. The number of hydrogen-bond acceptors (Lipinski definition) is 3. The average molecular weight is 418 g/mol. The van der Waals surface area contributed by atoms with Gasteiger partial charge in [0.1, 0.15) is 11.6 Å². The fourth-order valence-corrected chi connectivity index (χ4v) is 2.85. The van der Waals surface area contributed by atoms with Crippen LogP contribution in [0.25, 0.3) is 10.8 Å². The lowest BCUT2D eigenvalue weighted by Crippen LogP contribution is -2.21. The number of halogens is 1. The first-order chi connectivity index (χ1) is 11.1. The van der Waals surface area contributed by atoms with E-state index in [0.717, 1.165) is 19.9 Å². The Morgan fingerprint density at radius 1 is 1.17 bits per heavy atom. The Kier molecular flexibility index (Phi) is 4.76. The molecular formula is C18H15IN2O2. The molecule has 0 saturated heterocycles. The Bertz CT molecular complexity index is 865. The smallest absolute Gasteiger partial charge is 0.263 e. The lowest BCUT2D eigenvalue weighted by molar-refractivity contribution is -0.118. The molecule has 23 heavy (non-hydrogen) atoms. The minimum Gasteiger partial charge on any atom is -0.484 e. The molecule has 4 nitrogen and oxygen atoms in total. The van der Waals surface area contributed by atoms with Crippen LogP contribution < -0.4 is 10.1 Å². The lowest BCUT2D eigenvalue weighted by Gasteiger charge is -2.09. The molecule has 116 valence electrons. The number of aryl methyl sites for hydroxylation is 1. The topological polar surface area (TPSA) is 51.2 Å². The van der Waals surface area contributed by atoms with Gasteiger partial charge >= 0.3 is 0 Å². The number of carbonyl (C=O) groups is 1. The highest BCUT2D eigenvalue weighted by Gasteiger charge is 2.07. The normalized spacial score (nSPS) is 10.5. The van der Waals surface area contributed by atoms with Gasteiger partial charge in [-0.1, -0.05) is 30.3 Å². The second-order valence-electron chi connectivity index (χ2n) is 5.16. The van der Waals surface area contributed by atoms with E-state index in [1.165, 1.54) is 0 Å². The number of pyridine rings is 1. The summed E-state index contributed by atoms with van der Waals surface area (Å²) in [5.74, 6) is 1.01. The summed E-state index contributed by atoms with van der Waals surface area (Å²) in [6.07, 6.45) is 1.72. The molecule has 1 N–H and O–H groups in total. The fourth-order valence-electron chi connectivity index (χ4n) is 2.25. The van der Waals surface area contributed by atoms with Gasteiger partial charge in [-0.15, -0.1) is 0 Å². The highest BCUT2D eigenvalue weighted by atomic mass is 127. The Morgan fingerprint density at radius 3 is 2.74 bits per heavy atom. The third kappa shape index (κ3) is 3.98. The van der Waals surface area contributed by atoms with E-state index in [0.29, 0.717) is 11.6 Å².